The van der Waals surface area contributed by atoms with E-state index in [-0.39, 0.29) is 6.04 Å². The van der Waals surface area contributed by atoms with Gasteiger partial charge in [0.25, 0.3) is 0 Å². The fourth-order valence-corrected chi connectivity index (χ4v) is 3.14. The Morgan fingerprint density at radius 2 is 1.77 bits per heavy atom. The summed E-state index contributed by atoms with van der Waals surface area (Å²) in [6.45, 7) is 5.56. The number of nitrogens with zero attached hydrogens (tertiary/aromatic N) is 1. The van der Waals surface area contributed by atoms with E-state index < -0.39 is 41.7 Å². The van der Waals surface area contributed by atoms with E-state index in [1.807, 2.05) is 30.3 Å². The van der Waals surface area contributed by atoms with Crippen LogP contribution >= 0.6 is 0 Å². The Kier molecular flexibility index (Phi) is 8.37. The van der Waals surface area contributed by atoms with Crippen LogP contribution in [0.25, 0.3) is 0 Å². The first-order valence-electron chi connectivity index (χ1n) is 10.4. The number of aryl methyl sites for hydroxylation is 1. The van der Waals surface area contributed by atoms with Crippen molar-refractivity contribution >= 4 is 17.7 Å². The smallest absolute Gasteiger partial charge is 0.249 e. The summed E-state index contributed by atoms with van der Waals surface area (Å²) in [5.74, 6) is -2.01. The van der Waals surface area contributed by atoms with Crippen LogP contribution in [0.1, 0.15) is 52.0 Å². The van der Waals surface area contributed by atoms with Gasteiger partial charge in [0.1, 0.15) is 12.1 Å². The predicted octanol–water partition coefficient (Wildman–Crippen LogP) is 1.40. The van der Waals surface area contributed by atoms with Gasteiger partial charge in [-0.05, 0) is 36.7 Å². The third kappa shape index (κ3) is 7.42. The van der Waals surface area contributed by atoms with Crippen LogP contribution in [-0.2, 0) is 20.8 Å². The van der Waals surface area contributed by atoms with E-state index in [2.05, 4.69) is 10.6 Å². The molecule has 1 aliphatic carbocycles. The van der Waals surface area contributed by atoms with Crippen LogP contribution < -0.4 is 10.6 Å². The van der Waals surface area contributed by atoms with Crippen molar-refractivity contribution in [1.29, 1.82) is 0 Å². The summed E-state index contributed by atoms with van der Waals surface area (Å²) in [6.07, 6.45) is 1.02. The minimum Gasteiger partial charge on any atom is -0.383 e. The van der Waals surface area contributed by atoms with Crippen LogP contribution in [0.5, 0.6) is 0 Å². The predicted molar refractivity (Wildman–Crippen MR) is 111 cm³/mol. The minimum absolute atomic E-state index is 0.0816. The summed E-state index contributed by atoms with van der Waals surface area (Å²) in [5, 5.41) is 26.2. The number of hydrogen-bond donors (Lipinski definition) is 4. The van der Waals surface area contributed by atoms with E-state index in [4.69, 9.17) is 0 Å². The van der Waals surface area contributed by atoms with Gasteiger partial charge in [-0.1, -0.05) is 51.1 Å². The quantitative estimate of drug-likeness (QED) is 0.260. The summed E-state index contributed by atoms with van der Waals surface area (Å²) in [7, 11) is 0. The number of aliphatic hydroxyl groups is 1. The second-order valence-corrected chi connectivity index (χ2v) is 8.89. The highest BCUT2D eigenvalue weighted by Gasteiger charge is 2.41. The molecule has 30 heavy (non-hydrogen) atoms. The van der Waals surface area contributed by atoms with Crippen molar-refractivity contribution in [1.82, 2.24) is 15.7 Å². The summed E-state index contributed by atoms with van der Waals surface area (Å²) in [4.78, 5) is 37.0. The molecule has 2 atom stereocenters. The average Bonchev–Trinajstić information content (AvgIpc) is 3.48. The van der Waals surface area contributed by atoms with Gasteiger partial charge in [0.05, 0.1) is 6.42 Å². The number of hydrogen-bond acceptors (Lipinski definition) is 5. The van der Waals surface area contributed by atoms with Crippen molar-refractivity contribution in [2.24, 2.45) is 5.41 Å². The molecule has 0 aromatic heterocycles. The van der Waals surface area contributed by atoms with Crippen LogP contribution in [0.15, 0.2) is 30.3 Å². The number of benzene rings is 1. The normalized spacial score (nSPS) is 15.8. The molecule has 0 heterocycles. The Morgan fingerprint density at radius 3 is 2.33 bits per heavy atom. The molecule has 2 rings (SSSR count). The van der Waals surface area contributed by atoms with E-state index in [9.17, 15) is 24.7 Å². The van der Waals surface area contributed by atoms with Gasteiger partial charge >= 0.3 is 0 Å². The number of rotatable bonds is 10. The molecule has 1 aliphatic rings. The zero-order valence-electron chi connectivity index (χ0n) is 17.9. The lowest BCUT2D eigenvalue weighted by molar-refractivity contribution is -0.191. The molecule has 0 bridgehead atoms. The van der Waals surface area contributed by atoms with E-state index >= 15 is 0 Å². The van der Waals surface area contributed by atoms with Crippen molar-refractivity contribution in [3.63, 3.8) is 0 Å². The van der Waals surface area contributed by atoms with Gasteiger partial charge in [-0.2, -0.15) is 0 Å². The number of carbonyl (C=O) groups is 3. The molecular formula is C22H33N3O5. The number of amides is 3. The number of hydroxylamine groups is 2. The van der Waals surface area contributed by atoms with E-state index in [0.717, 1.165) is 24.8 Å². The van der Waals surface area contributed by atoms with Gasteiger partial charge in [-0.3, -0.25) is 19.6 Å². The summed E-state index contributed by atoms with van der Waals surface area (Å²) < 4.78 is 0. The lowest BCUT2D eigenvalue weighted by Crippen LogP contribution is -2.55. The zero-order chi connectivity index (χ0) is 22.3. The maximum absolute atomic E-state index is 12.5. The van der Waals surface area contributed by atoms with Gasteiger partial charge in [-0.25, -0.2) is 5.06 Å². The first kappa shape index (κ1) is 23.8. The summed E-state index contributed by atoms with van der Waals surface area (Å²) >= 11 is 0. The van der Waals surface area contributed by atoms with Crippen molar-refractivity contribution in [2.45, 2.75) is 71.1 Å². The molecule has 0 saturated heterocycles. The summed E-state index contributed by atoms with van der Waals surface area (Å²) in [5.41, 5.74) is 0.421. The maximum atomic E-state index is 12.5. The molecule has 0 radical (unpaired) electrons. The number of nitrogens with one attached hydrogen (secondary N) is 2. The third-order valence-corrected chi connectivity index (χ3v) is 4.95. The molecule has 8 heteroatoms. The van der Waals surface area contributed by atoms with Gasteiger partial charge in [0.2, 0.25) is 17.7 Å². The highest BCUT2D eigenvalue weighted by Crippen LogP contribution is 2.26. The first-order chi connectivity index (χ1) is 14.1. The number of aliphatic hydroxyl groups excluding tert-OH is 1. The molecule has 1 aromatic carbocycles. The lowest BCUT2D eigenvalue weighted by Gasteiger charge is -2.35. The van der Waals surface area contributed by atoms with Gasteiger partial charge in [-0.15, -0.1) is 0 Å². The first-order valence-corrected chi connectivity index (χ1v) is 10.4. The minimum atomic E-state index is -1.60. The molecule has 0 unspecified atom stereocenters. The molecular weight excluding hydrogens is 386 g/mol. The topological polar surface area (TPSA) is 119 Å². The Hall–Kier alpha value is -2.45. The SMILES string of the molecule is CC(C)(C)[C@@H](C(=O)NC1CC1)N(O)C(=O)C[C@H](O)C(=O)NCCCc1ccccc1. The standard InChI is InChI=1S/C22H33N3O5/c1-22(2,3)19(21(29)24-16-11-12-16)25(30)18(27)14-17(26)20(28)23-13-7-10-15-8-5-4-6-9-15/h4-6,8-9,16-17,19,26,30H,7,10-14H2,1-3H3,(H,23,28)(H,24,29)/t17-,19+/m0/s1. The fourth-order valence-electron chi connectivity index (χ4n) is 3.14. The van der Waals surface area contributed by atoms with Crippen LogP contribution in [0, 0.1) is 5.41 Å². The fraction of sp³-hybridized carbons (Fsp3) is 0.591. The molecule has 0 spiro atoms. The van der Waals surface area contributed by atoms with Crippen LogP contribution in [0.3, 0.4) is 0 Å². The highest BCUT2D eigenvalue weighted by atomic mass is 16.5. The second kappa shape index (κ2) is 10.5. The van der Waals surface area contributed by atoms with E-state index in [0.29, 0.717) is 18.0 Å². The lowest BCUT2D eigenvalue weighted by atomic mass is 9.85. The van der Waals surface area contributed by atoms with Gasteiger partial charge in [0.15, 0.2) is 0 Å². The zero-order valence-corrected chi connectivity index (χ0v) is 17.9. The Balaban J connectivity index is 1.81. The maximum Gasteiger partial charge on any atom is 0.249 e. The van der Waals surface area contributed by atoms with Crippen molar-refractivity contribution < 1.29 is 24.7 Å². The van der Waals surface area contributed by atoms with Gasteiger partial charge in [0, 0.05) is 12.6 Å². The van der Waals surface area contributed by atoms with Crippen molar-refractivity contribution in [2.75, 3.05) is 6.54 Å². The summed E-state index contributed by atoms with van der Waals surface area (Å²) in [6, 6.07) is 8.78. The van der Waals surface area contributed by atoms with Gasteiger partial charge < -0.3 is 15.7 Å². The van der Waals surface area contributed by atoms with Crippen molar-refractivity contribution in [3.8, 4) is 0 Å². The number of carbonyl (C=O) groups excluding carboxylic acids is 3. The molecule has 1 fully saturated rings. The van der Waals surface area contributed by atoms with Crippen molar-refractivity contribution in [3.05, 3.63) is 35.9 Å². The Labute approximate surface area is 177 Å². The molecule has 1 saturated carbocycles. The monoisotopic (exact) mass is 419 g/mol. The Morgan fingerprint density at radius 1 is 1.13 bits per heavy atom. The second-order valence-electron chi connectivity index (χ2n) is 8.89. The average molecular weight is 420 g/mol. The van der Waals surface area contributed by atoms with Crippen LogP contribution in [0.2, 0.25) is 0 Å². The highest BCUT2D eigenvalue weighted by molar-refractivity contribution is 5.90. The molecule has 166 valence electrons. The molecule has 3 amide bonds. The molecule has 1 aromatic rings. The Bertz CT molecular complexity index is 728. The van der Waals surface area contributed by atoms with E-state index in [1.54, 1.807) is 20.8 Å². The van der Waals surface area contributed by atoms with Crippen LogP contribution in [-0.4, -0.2) is 57.8 Å². The molecule has 8 nitrogen and oxygen atoms in total. The molecule has 0 aliphatic heterocycles. The molecule has 4 N–H and O–H groups in total. The van der Waals surface area contributed by atoms with E-state index in [1.165, 1.54) is 0 Å². The van der Waals surface area contributed by atoms with Crippen LogP contribution in [0.4, 0.5) is 0 Å². The largest absolute Gasteiger partial charge is 0.383 e. The third-order valence-electron chi connectivity index (χ3n) is 4.95.